The molecule has 0 spiro atoms. The molecule has 15 heavy (non-hydrogen) atoms. The number of hydrogen-bond donors (Lipinski definition) is 1. The van der Waals surface area contributed by atoms with Crippen LogP contribution in [0.5, 0.6) is 0 Å². The van der Waals surface area contributed by atoms with E-state index >= 15 is 0 Å². The SMILES string of the molecule is Clc1ccc([B-]23OCC[NH+]2CCO3)cc1. The minimum Gasteiger partial charge on any atom is -0.505 e. The molecule has 80 valence electrons. The van der Waals surface area contributed by atoms with E-state index in [1.807, 2.05) is 24.3 Å². The van der Waals surface area contributed by atoms with E-state index in [0.717, 1.165) is 36.8 Å². The maximum absolute atomic E-state index is 5.88. The van der Waals surface area contributed by atoms with Gasteiger partial charge >= 0.3 is 6.69 Å². The third-order valence-corrected chi connectivity index (χ3v) is 3.65. The van der Waals surface area contributed by atoms with Gasteiger partial charge in [0.25, 0.3) is 0 Å². The lowest BCUT2D eigenvalue weighted by Gasteiger charge is -2.31. The van der Waals surface area contributed by atoms with Gasteiger partial charge in [-0.05, 0) is 12.1 Å². The molecular weight excluding hydrogens is 212 g/mol. The first kappa shape index (κ1) is 9.66. The maximum atomic E-state index is 5.88. The van der Waals surface area contributed by atoms with Gasteiger partial charge in [0.2, 0.25) is 0 Å². The van der Waals surface area contributed by atoms with E-state index in [-0.39, 0.29) is 0 Å². The molecule has 0 bridgehead atoms. The minimum absolute atomic E-state index is 0.753. The fraction of sp³-hybridized carbons (Fsp3) is 0.400. The van der Waals surface area contributed by atoms with Gasteiger partial charge in [0.05, 0.1) is 26.3 Å². The molecule has 1 aromatic carbocycles. The fourth-order valence-electron chi connectivity index (χ4n) is 2.65. The molecule has 1 aromatic rings. The summed E-state index contributed by atoms with van der Waals surface area (Å²) in [7, 11) is 0. The van der Waals surface area contributed by atoms with E-state index < -0.39 is 6.69 Å². The first-order valence-electron chi connectivity index (χ1n) is 5.34. The summed E-state index contributed by atoms with van der Waals surface area (Å²) in [6.45, 7) is 2.40. The van der Waals surface area contributed by atoms with Gasteiger partial charge < -0.3 is 14.1 Å². The van der Waals surface area contributed by atoms with E-state index in [1.54, 1.807) is 0 Å². The van der Waals surface area contributed by atoms with E-state index in [1.165, 1.54) is 4.81 Å². The van der Waals surface area contributed by atoms with Crippen LogP contribution in [0, 0.1) is 0 Å². The summed E-state index contributed by atoms with van der Waals surface area (Å²) in [6.07, 6.45) is 0. The van der Waals surface area contributed by atoms with Gasteiger partial charge in [-0.25, -0.2) is 0 Å². The van der Waals surface area contributed by atoms with Gasteiger partial charge in [-0.3, -0.25) is 0 Å². The van der Waals surface area contributed by atoms with E-state index in [0.29, 0.717) is 0 Å². The van der Waals surface area contributed by atoms with Crippen LogP contribution < -0.4 is 10.3 Å². The smallest absolute Gasteiger partial charge is 0.501 e. The Kier molecular flexibility index (Phi) is 2.25. The molecule has 1 N–H and O–H groups in total. The highest BCUT2D eigenvalue weighted by atomic mass is 35.5. The van der Waals surface area contributed by atoms with Gasteiger partial charge in [-0.1, -0.05) is 29.2 Å². The number of halogens is 1. The van der Waals surface area contributed by atoms with Gasteiger partial charge in [0, 0.05) is 5.02 Å². The van der Waals surface area contributed by atoms with E-state index in [9.17, 15) is 0 Å². The fourth-order valence-corrected chi connectivity index (χ4v) is 2.77. The van der Waals surface area contributed by atoms with Crippen molar-refractivity contribution in [3.8, 4) is 0 Å². The number of fused-ring (bicyclic) bond motifs is 1. The van der Waals surface area contributed by atoms with Crippen LogP contribution >= 0.6 is 11.6 Å². The molecule has 0 atom stereocenters. The second-order valence-electron chi connectivity index (χ2n) is 4.16. The van der Waals surface area contributed by atoms with Gasteiger partial charge in [0.15, 0.2) is 0 Å². The second-order valence-corrected chi connectivity index (χ2v) is 4.60. The first-order chi connectivity index (χ1) is 7.31. The van der Waals surface area contributed by atoms with Crippen LogP contribution in [-0.4, -0.2) is 33.0 Å². The van der Waals surface area contributed by atoms with Crippen molar-refractivity contribution in [1.29, 1.82) is 0 Å². The third-order valence-electron chi connectivity index (χ3n) is 3.40. The van der Waals surface area contributed by atoms with Crippen LogP contribution in [0.3, 0.4) is 0 Å². The molecule has 3 nitrogen and oxygen atoms in total. The molecule has 5 heteroatoms. The van der Waals surface area contributed by atoms with Crippen molar-refractivity contribution in [3.05, 3.63) is 29.3 Å². The molecule has 2 fully saturated rings. The van der Waals surface area contributed by atoms with Crippen molar-refractivity contribution in [3.63, 3.8) is 0 Å². The summed E-state index contributed by atoms with van der Waals surface area (Å²) in [5.74, 6) is 0. The van der Waals surface area contributed by atoms with Crippen molar-refractivity contribution < 1.29 is 14.1 Å². The number of hydrogen-bond acceptors (Lipinski definition) is 2. The molecular formula is C10H13BClNO2. The van der Waals surface area contributed by atoms with Crippen LogP contribution in [0.4, 0.5) is 0 Å². The van der Waals surface area contributed by atoms with E-state index in [2.05, 4.69) is 0 Å². The highest BCUT2D eigenvalue weighted by molar-refractivity contribution is 6.74. The number of quaternary nitrogens is 1. The van der Waals surface area contributed by atoms with Gasteiger partial charge in [-0.15, -0.1) is 0 Å². The van der Waals surface area contributed by atoms with Crippen LogP contribution in [0.25, 0.3) is 0 Å². The molecule has 0 aliphatic carbocycles. The Balaban J connectivity index is 2.01. The van der Waals surface area contributed by atoms with Crippen molar-refractivity contribution in [2.45, 2.75) is 0 Å². The first-order valence-corrected chi connectivity index (χ1v) is 5.72. The Bertz CT molecular complexity index is 360. The summed E-state index contributed by atoms with van der Waals surface area (Å²) in [6, 6.07) is 7.82. The molecule has 2 aliphatic heterocycles. The standard InChI is InChI=1S/C10H13BClNO2/c12-10-3-1-9(2-4-10)11-13(5-7-14-11)6-8-15-11/h1-4,13H,5-8H2. The minimum atomic E-state index is -1.27. The molecule has 0 amide bonds. The van der Waals surface area contributed by atoms with Crippen molar-refractivity contribution in [1.82, 2.24) is 0 Å². The zero-order chi connectivity index (χ0) is 10.3. The Labute approximate surface area is 93.9 Å². The predicted octanol–water partition coefficient (Wildman–Crippen LogP) is -0.569. The largest absolute Gasteiger partial charge is 0.505 e. The molecule has 2 aliphatic rings. The zero-order valence-electron chi connectivity index (χ0n) is 8.41. The highest BCUT2D eigenvalue weighted by Crippen LogP contribution is 2.11. The number of benzene rings is 1. The summed E-state index contributed by atoms with van der Waals surface area (Å²) in [4.78, 5) is 1.43. The molecule has 0 unspecified atom stereocenters. The van der Waals surface area contributed by atoms with E-state index in [4.69, 9.17) is 20.9 Å². The van der Waals surface area contributed by atoms with Crippen LogP contribution in [0.2, 0.25) is 5.02 Å². The van der Waals surface area contributed by atoms with Gasteiger partial charge in [-0.2, -0.15) is 0 Å². The number of nitrogens with one attached hydrogen (secondary N) is 1. The number of rotatable bonds is 1. The zero-order valence-corrected chi connectivity index (χ0v) is 9.17. The monoisotopic (exact) mass is 225 g/mol. The molecule has 0 saturated carbocycles. The summed E-state index contributed by atoms with van der Waals surface area (Å²) >= 11 is 5.88. The third kappa shape index (κ3) is 1.40. The predicted molar refractivity (Wildman–Crippen MR) is 59.4 cm³/mol. The average molecular weight is 225 g/mol. The molecule has 3 rings (SSSR count). The molecule has 0 aromatic heterocycles. The molecule has 2 heterocycles. The topological polar surface area (TPSA) is 22.9 Å². The summed E-state index contributed by atoms with van der Waals surface area (Å²) < 4.78 is 11.7. The normalized spacial score (nSPS) is 34.3. The Morgan fingerprint density at radius 3 is 2.27 bits per heavy atom. The lowest BCUT2D eigenvalue weighted by atomic mass is 9.63. The van der Waals surface area contributed by atoms with Crippen LogP contribution in [0.15, 0.2) is 24.3 Å². The van der Waals surface area contributed by atoms with Crippen LogP contribution in [-0.2, 0) is 9.31 Å². The van der Waals surface area contributed by atoms with Crippen molar-refractivity contribution in [2.24, 2.45) is 0 Å². The van der Waals surface area contributed by atoms with Gasteiger partial charge in [0.1, 0.15) is 0 Å². The lowest BCUT2D eigenvalue weighted by molar-refractivity contribution is -0.781. The van der Waals surface area contributed by atoms with Crippen molar-refractivity contribution >= 4 is 23.8 Å². The summed E-state index contributed by atoms with van der Waals surface area (Å²) in [5.41, 5.74) is 1.13. The highest BCUT2D eigenvalue weighted by Gasteiger charge is 2.50. The Morgan fingerprint density at radius 2 is 1.67 bits per heavy atom. The molecule has 2 saturated heterocycles. The van der Waals surface area contributed by atoms with Crippen LogP contribution in [0.1, 0.15) is 0 Å². The lowest BCUT2D eigenvalue weighted by Crippen LogP contribution is -3.21. The van der Waals surface area contributed by atoms with Crippen molar-refractivity contribution in [2.75, 3.05) is 26.3 Å². The Hall–Kier alpha value is -0.545. The molecule has 0 radical (unpaired) electrons. The Morgan fingerprint density at radius 1 is 1.07 bits per heavy atom. The maximum Gasteiger partial charge on any atom is 0.501 e. The average Bonchev–Trinajstić information content (AvgIpc) is 2.77. The quantitative estimate of drug-likeness (QED) is 0.647. The second kappa shape index (κ2) is 3.49. The summed E-state index contributed by atoms with van der Waals surface area (Å²) in [5, 5.41) is 0.753.